The van der Waals surface area contributed by atoms with Gasteiger partial charge in [0.15, 0.2) is 0 Å². The molecule has 0 fully saturated rings. The molecule has 1 aliphatic heterocycles. The summed E-state index contributed by atoms with van der Waals surface area (Å²) in [5.74, 6) is 0. The first-order valence-corrected chi connectivity index (χ1v) is 1.88. The lowest BCUT2D eigenvalue weighted by atomic mass is 10.5. The first-order valence-electron chi connectivity index (χ1n) is 1.88. The normalized spacial score (nSPS) is 16.1. The van der Waals surface area contributed by atoms with Crippen LogP contribution in [0.25, 0.3) is 0 Å². The van der Waals surface area contributed by atoms with Crippen LogP contribution in [0.2, 0.25) is 0 Å². The molecule has 0 aromatic rings. The summed E-state index contributed by atoms with van der Waals surface area (Å²) in [6.07, 6.45) is 1.60. The van der Waals surface area contributed by atoms with Gasteiger partial charge in [-0.15, -0.1) is 0 Å². The van der Waals surface area contributed by atoms with Crippen molar-refractivity contribution in [2.45, 2.75) is 0 Å². The van der Waals surface area contributed by atoms with Crippen molar-refractivity contribution >= 4 is 0 Å². The summed E-state index contributed by atoms with van der Waals surface area (Å²) in [4.78, 5) is 0. The Kier molecular flexibility index (Phi) is 0.868. The molecule has 3 heteroatoms. The molecule has 1 rings (SSSR count). The molecule has 1 aliphatic rings. The van der Waals surface area contributed by atoms with Crippen molar-refractivity contribution in [2.24, 2.45) is 0 Å². The van der Waals surface area contributed by atoms with Gasteiger partial charge < -0.3 is 10.6 Å². The van der Waals surface area contributed by atoms with Crippen LogP contribution in [-0.2, 0) is 0 Å². The number of rotatable bonds is 0. The third-order valence-corrected chi connectivity index (χ3v) is 0.659. The number of nitrogens with one attached hydrogen (secondary N) is 2. The van der Waals surface area contributed by atoms with E-state index in [-0.39, 0.29) is 0 Å². The summed E-state index contributed by atoms with van der Waals surface area (Å²) >= 11 is 0. The van der Waals surface area contributed by atoms with Gasteiger partial charge in [0.1, 0.15) is 18.4 Å². The van der Waals surface area contributed by atoms with Crippen LogP contribution in [0.5, 0.6) is 0 Å². The molecular weight excluding hydrogens is 90.1 g/mol. The van der Waals surface area contributed by atoms with E-state index in [0.29, 0.717) is 5.70 Å². The number of nitrogens with zero attached hydrogens (tertiary/aromatic N) is 1. The second-order valence-corrected chi connectivity index (χ2v) is 1.13. The molecule has 3 nitrogen and oxygen atoms in total. The van der Waals surface area contributed by atoms with E-state index in [2.05, 4.69) is 10.6 Å². The Morgan fingerprint density at radius 2 is 2.57 bits per heavy atom. The number of hydrogen-bond acceptors (Lipinski definition) is 3. The van der Waals surface area contributed by atoms with Crippen molar-refractivity contribution < 1.29 is 0 Å². The lowest BCUT2D eigenvalue weighted by molar-refractivity contribution is 0.964. The summed E-state index contributed by atoms with van der Waals surface area (Å²) in [5.41, 5.74) is 0.556. The highest BCUT2D eigenvalue weighted by Gasteiger charge is 1.97. The van der Waals surface area contributed by atoms with E-state index in [1.165, 1.54) is 0 Å². The Labute approximate surface area is 41.6 Å². The van der Waals surface area contributed by atoms with Gasteiger partial charge in [0.25, 0.3) is 0 Å². The number of allylic oxidation sites excluding steroid dienone is 1. The lowest BCUT2D eigenvalue weighted by Crippen LogP contribution is -2.05. The van der Waals surface area contributed by atoms with Gasteiger partial charge in [-0.2, -0.15) is 5.26 Å². The maximum absolute atomic E-state index is 8.13. The molecule has 0 saturated heterocycles. The molecule has 0 aromatic heterocycles. The highest BCUT2D eigenvalue weighted by Crippen LogP contribution is 1.88. The minimum atomic E-state index is 0.556. The Morgan fingerprint density at radius 3 is 2.86 bits per heavy atom. The highest BCUT2D eigenvalue weighted by molar-refractivity contribution is 5.22. The van der Waals surface area contributed by atoms with Gasteiger partial charge in [0, 0.05) is 6.20 Å². The molecule has 0 aliphatic carbocycles. The van der Waals surface area contributed by atoms with E-state index in [0.717, 1.165) is 0 Å². The molecule has 2 N–H and O–H groups in total. The first-order chi connectivity index (χ1) is 3.43. The molecule has 1 heterocycles. The van der Waals surface area contributed by atoms with Crippen molar-refractivity contribution in [3.8, 4) is 6.07 Å². The summed E-state index contributed by atoms with van der Waals surface area (Å²) in [7, 11) is 0. The second-order valence-electron chi connectivity index (χ2n) is 1.13. The van der Waals surface area contributed by atoms with Gasteiger partial charge in [-0.1, -0.05) is 0 Å². The lowest BCUT2D eigenvalue weighted by Gasteiger charge is -1.84. The summed E-state index contributed by atoms with van der Waals surface area (Å²) in [6.45, 7) is 1.60. The van der Waals surface area contributed by atoms with Crippen molar-refractivity contribution in [1.29, 1.82) is 5.26 Å². The van der Waals surface area contributed by atoms with Crippen LogP contribution in [-0.4, -0.2) is 0 Å². The van der Waals surface area contributed by atoms with Gasteiger partial charge in [0.2, 0.25) is 0 Å². The monoisotopic (exact) mass is 94.0 g/mol. The summed E-state index contributed by atoms with van der Waals surface area (Å²) in [5, 5.41) is 13.5. The van der Waals surface area contributed by atoms with E-state index >= 15 is 0 Å². The Morgan fingerprint density at radius 1 is 1.71 bits per heavy atom. The fourth-order valence-corrected chi connectivity index (χ4v) is 0.351. The zero-order chi connectivity index (χ0) is 5.11. The molecule has 1 radical (unpaired) electrons. The standard InChI is InChI=1S/C4H4N3/c5-1-4-2-6-3-7-4/h2-3,6-7H. The quantitative estimate of drug-likeness (QED) is 0.432. The van der Waals surface area contributed by atoms with Gasteiger partial charge in [-0.3, -0.25) is 0 Å². The Balaban J connectivity index is 2.57. The molecular formula is C4H4N3. The van der Waals surface area contributed by atoms with Crippen LogP contribution in [0.4, 0.5) is 0 Å². The minimum absolute atomic E-state index is 0.556. The van der Waals surface area contributed by atoms with Gasteiger partial charge >= 0.3 is 0 Å². The predicted octanol–water partition coefficient (Wildman–Crippen LogP) is -0.337. The van der Waals surface area contributed by atoms with E-state index in [1.807, 2.05) is 6.07 Å². The van der Waals surface area contributed by atoms with Crippen LogP contribution >= 0.6 is 0 Å². The maximum atomic E-state index is 8.13. The third kappa shape index (κ3) is 0.631. The number of nitriles is 1. The molecule has 0 spiro atoms. The number of hydrogen-bond donors (Lipinski definition) is 2. The van der Waals surface area contributed by atoms with Crippen LogP contribution in [0, 0.1) is 18.0 Å². The van der Waals surface area contributed by atoms with E-state index in [4.69, 9.17) is 5.26 Å². The third-order valence-electron chi connectivity index (χ3n) is 0.659. The zero-order valence-corrected chi connectivity index (χ0v) is 3.60. The molecule has 0 amide bonds. The topological polar surface area (TPSA) is 47.9 Å². The van der Waals surface area contributed by atoms with Crippen LogP contribution in [0.15, 0.2) is 11.9 Å². The average molecular weight is 94.1 g/mol. The summed E-state index contributed by atoms with van der Waals surface area (Å²) in [6, 6.07) is 1.92. The van der Waals surface area contributed by atoms with Crippen LogP contribution < -0.4 is 10.6 Å². The van der Waals surface area contributed by atoms with Crippen molar-refractivity contribution in [3.05, 3.63) is 18.6 Å². The molecule has 0 atom stereocenters. The van der Waals surface area contributed by atoms with Crippen LogP contribution in [0.1, 0.15) is 0 Å². The summed E-state index contributed by atoms with van der Waals surface area (Å²) < 4.78 is 0. The molecule has 0 saturated carbocycles. The van der Waals surface area contributed by atoms with Gasteiger partial charge in [-0.05, 0) is 0 Å². The molecule has 0 bridgehead atoms. The maximum Gasteiger partial charge on any atom is 0.137 e. The minimum Gasteiger partial charge on any atom is -0.366 e. The van der Waals surface area contributed by atoms with E-state index in [1.54, 1.807) is 12.9 Å². The van der Waals surface area contributed by atoms with Crippen molar-refractivity contribution in [3.63, 3.8) is 0 Å². The smallest absolute Gasteiger partial charge is 0.137 e. The fraction of sp³-hybridized carbons (Fsp3) is 0. The SMILES string of the molecule is N#CC1=CN[CH]N1. The van der Waals surface area contributed by atoms with Gasteiger partial charge in [-0.25, -0.2) is 0 Å². The molecule has 35 valence electrons. The Hall–Kier alpha value is -1.17. The average Bonchev–Trinajstić information content (AvgIpc) is 2.14. The fourth-order valence-electron chi connectivity index (χ4n) is 0.351. The Bertz CT molecular complexity index is 130. The van der Waals surface area contributed by atoms with Crippen molar-refractivity contribution in [1.82, 2.24) is 10.6 Å². The second kappa shape index (κ2) is 1.52. The molecule has 7 heavy (non-hydrogen) atoms. The van der Waals surface area contributed by atoms with Crippen molar-refractivity contribution in [2.75, 3.05) is 0 Å². The molecule has 0 unspecified atom stereocenters. The van der Waals surface area contributed by atoms with Crippen LogP contribution in [0.3, 0.4) is 0 Å². The highest BCUT2D eigenvalue weighted by atomic mass is 15.1. The largest absolute Gasteiger partial charge is 0.366 e. The zero-order valence-electron chi connectivity index (χ0n) is 3.60. The first kappa shape index (κ1) is 4.00. The van der Waals surface area contributed by atoms with E-state index in [9.17, 15) is 0 Å². The molecule has 0 aromatic carbocycles. The van der Waals surface area contributed by atoms with Gasteiger partial charge in [0.05, 0.1) is 0 Å². The predicted molar refractivity (Wildman–Crippen MR) is 24.3 cm³/mol. The van der Waals surface area contributed by atoms with E-state index < -0.39 is 0 Å².